The molecule has 1 aromatic carbocycles. The normalized spacial score (nSPS) is 40.3. The highest BCUT2D eigenvalue weighted by molar-refractivity contribution is 9.11. The molecule has 3 aliphatic carbocycles. The third-order valence-corrected chi connectivity index (χ3v) is 7.77. The predicted molar refractivity (Wildman–Crippen MR) is 86.5 cm³/mol. The molecular weight excluding hydrogens is 387 g/mol. The van der Waals surface area contributed by atoms with Crippen LogP contribution >= 0.6 is 43.5 Å². The molecule has 0 N–H and O–H groups in total. The minimum atomic E-state index is 0.185. The Morgan fingerprint density at radius 2 is 1.74 bits per heavy atom. The van der Waals surface area contributed by atoms with Gasteiger partial charge in [-0.3, -0.25) is 0 Å². The van der Waals surface area contributed by atoms with Gasteiger partial charge in [-0.05, 0) is 79.0 Å². The van der Waals surface area contributed by atoms with E-state index in [1.54, 1.807) is 0 Å². The van der Waals surface area contributed by atoms with Crippen molar-refractivity contribution in [3.8, 4) is 0 Å². The van der Waals surface area contributed by atoms with Crippen LogP contribution in [-0.2, 0) is 0 Å². The van der Waals surface area contributed by atoms with E-state index in [4.69, 9.17) is 11.6 Å². The van der Waals surface area contributed by atoms with Crippen LogP contribution in [0.25, 0.3) is 0 Å². The van der Waals surface area contributed by atoms with Gasteiger partial charge < -0.3 is 0 Å². The predicted octanol–water partition coefficient (Wildman–Crippen LogP) is 6.09. The lowest BCUT2D eigenvalue weighted by molar-refractivity contribution is 0.454. The lowest BCUT2D eigenvalue weighted by Gasteiger charge is -2.17. The molecule has 19 heavy (non-hydrogen) atoms. The summed E-state index contributed by atoms with van der Waals surface area (Å²) in [4.78, 5) is 0. The molecule has 0 radical (unpaired) electrons. The van der Waals surface area contributed by atoms with Crippen molar-refractivity contribution in [2.24, 2.45) is 29.6 Å². The first-order valence-corrected chi connectivity index (χ1v) is 9.19. The van der Waals surface area contributed by atoms with Crippen LogP contribution in [0.15, 0.2) is 21.1 Å². The van der Waals surface area contributed by atoms with Gasteiger partial charge in [0, 0.05) is 8.95 Å². The van der Waals surface area contributed by atoms with Crippen LogP contribution in [0.5, 0.6) is 0 Å². The molecule has 102 valence electrons. The van der Waals surface area contributed by atoms with Crippen molar-refractivity contribution in [2.75, 3.05) is 0 Å². The quantitative estimate of drug-likeness (QED) is 0.523. The van der Waals surface area contributed by atoms with Crippen LogP contribution < -0.4 is 0 Å². The average molecular weight is 405 g/mol. The summed E-state index contributed by atoms with van der Waals surface area (Å²) < 4.78 is 2.34. The number of hydrogen-bond donors (Lipinski definition) is 0. The van der Waals surface area contributed by atoms with E-state index in [0.29, 0.717) is 0 Å². The Balaban J connectivity index is 1.62. The van der Waals surface area contributed by atoms with E-state index in [1.807, 2.05) is 0 Å². The van der Waals surface area contributed by atoms with Crippen LogP contribution in [0.2, 0.25) is 0 Å². The summed E-state index contributed by atoms with van der Waals surface area (Å²) in [5, 5.41) is 0.185. The van der Waals surface area contributed by atoms with Crippen LogP contribution in [0, 0.1) is 36.5 Å². The molecule has 4 rings (SSSR count). The second kappa shape index (κ2) is 4.48. The Hall–Kier alpha value is 0.470. The minimum absolute atomic E-state index is 0.185. The molecule has 5 atom stereocenters. The summed E-state index contributed by atoms with van der Waals surface area (Å²) in [6.07, 6.45) is 4.42. The molecule has 5 unspecified atom stereocenters. The molecule has 0 saturated heterocycles. The van der Waals surface area contributed by atoms with Crippen molar-refractivity contribution in [1.29, 1.82) is 0 Å². The van der Waals surface area contributed by atoms with E-state index in [-0.39, 0.29) is 5.38 Å². The summed E-state index contributed by atoms with van der Waals surface area (Å²) in [6, 6.07) is 4.40. The van der Waals surface area contributed by atoms with Crippen LogP contribution in [0.4, 0.5) is 0 Å². The smallest absolute Gasteiger partial charge is 0.0630 e. The number of aryl methyl sites for hydroxylation is 1. The molecule has 2 bridgehead atoms. The summed E-state index contributed by atoms with van der Waals surface area (Å²) in [6.45, 7) is 2.12. The molecule has 0 aliphatic heterocycles. The van der Waals surface area contributed by atoms with Crippen LogP contribution in [0.1, 0.15) is 35.8 Å². The zero-order chi connectivity index (χ0) is 13.3. The number of fused-ring (bicyclic) bond motifs is 5. The van der Waals surface area contributed by atoms with Crippen molar-refractivity contribution in [3.05, 3.63) is 32.2 Å². The number of alkyl halides is 1. The lowest BCUT2D eigenvalue weighted by Crippen LogP contribution is -2.05. The third kappa shape index (κ3) is 1.89. The summed E-state index contributed by atoms with van der Waals surface area (Å²) in [7, 11) is 0. The van der Waals surface area contributed by atoms with Crippen molar-refractivity contribution in [1.82, 2.24) is 0 Å². The van der Waals surface area contributed by atoms with E-state index in [2.05, 4.69) is 50.9 Å². The van der Waals surface area contributed by atoms with Gasteiger partial charge in [0.1, 0.15) is 0 Å². The molecule has 3 fully saturated rings. The maximum absolute atomic E-state index is 6.84. The summed E-state index contributed by atoms with van der Waals surface area (Å²) >= 11 is 14.2. The van der Waals surface area contributed by atoms with Gasteiger partial charge in [0.05, 0.1) is 5.38 Å². The third-order valence-electron chi connectivity index (χ3n) is 5.71. The van der Waals surface area contributed by atoms with E-state index in [9.17, 15) is 0 Å². The Morgan fingerprint density at radius 3 is 2.37 bits per heavy atom. The topological polar surface area (TPSA) is 0 Å². The molecule has 0 nitrogen and oxygen atoms in total. The maximum atomic E-state index is 6.84. The average Bonchev–Trinajstić information content (AvgIpc) is 2.81. The molecule has 3 aliphatic rings. The second-order valence-electron chi connectivity index (χ2n) is 6.59. The molecular formula is C16H17Br2Cl. The van der Waals surface area contributed by atoms with Gasteiger partial charge in [-0.25, -0.2) is 0 Å². The molecule has 0 heterocycles. The Bertz CT molecular complexity index is 526. The van der Waals surface area contributed by atoms with E-state index in [1.165, 1.54) is 39.3 Å². The van der Waals surface area contributed by atoms with Gasteiger partial charge in [-0.2, -0.15) is 0 Å². The minimum Gasteiger partial charge on any atom is -0.117 e. The number of halogens is 3. The number of hydrogen-bond acceptors (Lipinski definition) is 0. The fourth-order valence-corrected chi connectivity index (χ4v) is 6.58. The van der Waals surface area contributed by atoms with Gasteiger partial charge in [0.2, 0.25) is 0 Å². The fourth-order valence-electron chi connectivity index (χ4n) is 4.86. The van der Waals surface area contributed by atoms with Crippen molar-refractivity contribution in [3.63, 3.8) is 0 Å². The summed E-state index contributed by atoms with van der Waals surface area (Å²) in [5.74, 6) is 4.60. The van der Waals surface area contributed by atoms with Crippen molar-refractivity contribution in [2.45, 2.75) is 31.6 Å². The Kier molecular flexibility index (Phi) is 3.10. The van der Waals surface area contributed by atoms with Gasteiger partial charge in [-0.15, -0.1) is 11.6 Å². The van der Waals surface area contributed by atoms with Crippen molar-refractivity contribution >= 4 is 43.5 Å². The molecule has 0 spiro atoms. The molecule has 0 amide bonds. The number of benzene rings is 1. The Labute approximate surface area is 136 Å². The molecule has 3 heteroatoms. The Morgan fingerprint density at radius 1 is 1.11 bits per heavy atom. The van der Waals surface area contributed by atoms with Crippen LogP contribution in [0.3, 0.4) is 0 Å². The molecule has 0 aromatic heterocycles. The van der Waals surface area contributed by atoms with Crippen molar-refractivity contribution < 1.29 is 0 Å². The van der Waals surface area contributed by atoms with Gasteiger partial charge in [0.25, 0.3) is 0 Å². The van der Waals surface area contributed by atoms with Gasteiger partial charge in [-0.1, -0.05) is 31.9 Å². The van der Waals surface area contributed by atoms with Gasteiger partial charge in [0.15, 0.2) is 0 Å². The first kappa shape index (κ1) is 13.2. The molecule has 3 saturated carbocycles. The zero-order valence-corrected chi connectivity index (χ0v) is 14.8. The zero-order valence-electron chi connectivity index (χ0n) is 10.9. The van der Waals surface area contributed by atoms with Crippen LogP contribution in [-0.4, -0.2) is 0 Å². The van der Waals surface area contributed by atoms with E-state index >= 15 is 0 Å². The largest absolute Gasteiger partial charge is 0.117 e. The highest BCUT2D eigenvalue weighted by Gasteiger charge is 2.66. The monoisotopic (exact) mass is 402 g/mol. The SMILES string of the molecule is Cc1cc(Br)c(C(Cl)C2C3C4CCC(C4)C32)cc1Br. The van der Waals surface area contributed by atoms with Gasteiger partial charge >= 0.3 is 0 Å². The first-order valence-electron chi connectivity index (χ1n) is 7.17. The fraction of sp³-hybridized carbons (Fsp3) is 0.625. The van der Waals surface area contributed by atoms with E-state index < -0.39 is 0 Å². The standard InChI is InChI=1S/C16H17Br2Cl/c1-7-4-12(18)10(6-11(7)17)16(19)15-13-8-2-3-9(5-8)14(13)15/h4,6,8-9,13-16H,2-3,5H2,1H3. The maximum Gasteiger partial charge on any atom is 0.0630 e. The highest BCUT2D eigenvalue weighted by Crippen LogP contribution is 2.73. The van der Waals surface area contributed by atoms with E-state index in [0.717, 1.165) is 29.6 Å². The summed E-state index contributed by atoms with van der Waals surface area (Å²) in [5.41, 5.74) is 2.54. The first-order chi connectivity index (χ1) is 9.08. The molecule has 1 aromatic rings. The number of rotatable bonds is 2. The second-order valence-corrected chi connectivity index (χ2v) is 8.77. The highest BCUT2D eigenvalue weighted by atomic mass is 79.9. The lowest BCUT2D eigenvalue weighted by atomic mass is 9.96.